The van der Waals surface area contributed by atoms with Gasteiger partial charge in [-0.15, -0.1) is 0 Å². The second-order valence-corrected chi connectivity index (χ2v) is 5.72. The molecule has 0 bridgehead atoms. The maximum Gasteiger partial charge on any atom is 0.140 e. The molecule has 0 aliphatic heterocycles. The molecule has 1 aromatic carbocycles. The van der Waals surface area contributed by atoms with Gasteiger partial charge in [-0.25, -0.2) is 9.67 Å². The van der Waals surface area contributed by atoms with Crippen molar-refractivity contribution in [3.05, 3.63) is 48.0 Å². The molecule has 0 fully saturated rings. The zero-order valence-corrected chi connectivity index (χ0v) is 12.6. The number of benzene rings is 1. The van der Waals surface area contributed by atoms with Gasteiger partial charge in [0.25, 0.3) is 0 Å². The standard InChI is InChI=1S/C16H24N4/c1-4-20-15(17-13-19-20)12-18-16(2,3)11-10-14-8-6-5-7-9-14/h5-9,13,18H,4,10-12H2,1-3H3. The van der Waals surface area contributed by atoms with Crippen molar-refractivity contribution in [2.75, 3.05) is 0 Å². The van der Waals surface area contributed by atoms with Gasteiger partial charge >= 0.3 is 0 Å². The van der Waals surface area contributed by atoms with Gasteiger partial charge in [0, 0.05) is 12.1 Å². The lowest BCUT2D eigenvalue weighted by molar-refractivity contribution is 0.351. The lowest BCUT2D eigenvalue weighted by Gasteiger charge is -2.26. The molecule has 0 amide bonds. The van der Waals surface area contributed by atoms with Crippen LogP contribution in [-0.2, 0) is 19.5 Å². The number of aromatic nitrogens is 3. The number of nitrogens with one attached hydrogen (secondary N) is 1. The van der Waals surface area contributed by atoms with Crippen LogP contribution in [0.25, 0.3) is 0 Å². The van der Waals surface area contributed by atoms with Crippen LogP contribution in [0.15, 0.2) is 36.7 Å². The van der Waals surface area contributed by atoms with Crippen molar-refractivity contribution in [3.8, 4) is 0 Å². The molecule has 0 saturated carbocycles. The quantitative estimate of drug-likeness (QED) is 0.843. The molecule has 0 unspecified atom stereocenters. The van der Waals surface area contributed by atoms with Gasteiger partial charge in [0.1, 0.15) is 12.2 Å². The lowest BCUT2D eigenvalue weighted by atomic mass is 9.95. The number of aryl methyl sites for hydroxylation is 2. The maximum absolute atomic E-state index is 4.30. The van der Waals surface area contributed by atoms with E-state index in [-0.39, 0.29) is 5.54 Å². The Kier molecular flexibility index (Phi) is 4.90. The average Bonchev–Trinajstić information content (AvgIpc) is 2.92. The number of hydrogen-bond acceptors (Lipinski definition) is 3. The zero-order chi connectivity index (χ0) is 14.4. The van der Waals surface area contributed by atoms with Gasteiger partial charge in [0.15, 0.2) is 0 Å². The second-order valence-electron chi connectivity index (χ2n) is 5.72. The van der Waals surface area contributed by atoms with E-state index >= 15 is 0 Å². The van der Waals surface area contributed by atoms with Crippen molar-refractivity contribution < 1.29 is 0 Å². The van der Waals surface area contributed by atoms with Crippen LogP contribution in [0.1, 0.15) is 38.6 Å². The summed E-state index contributed by atoms with van der Waals surface area (Å²) in [7, 11) is 0. The molecule has 1 aromatic heterocycles. The topological polar surface area (TPSA) is 42.7 Å². The minimum atomic E-state index is 0.0837. The van der Waals surface area contributed by atoms with Crippen LogP contribution >= 0.6 is 0 Å². The Balaban J connectivity index is 1.84. The Morgan fingerprint density at radius 2 is 1.95 bits per heavy atom. The highest BCUT2D eigenvalue weighted by molar-refractivity contribution is 5.15. The summed E-state index contributed by atoms with van der Waals surface area (Å²) in [5.74, 6) is 1.00. The first kappa shape index (κ1) is 14.7. The molecule has 108 valence electrons. The van der Waals surface area contributed by atoms with Crippen LogP contribution in [-0.4, -0.2) is 20.3 Å². The van der Waals surface area contributed by atoms with Gasteiger partial charge < -0.3 is 5.32 Å². The largest absolute Gasteiger partial charge is 0.305 e. The molecular formula is C16H24N4. The predicted molar refractivity (Wildman–Crippen MR) is 81.4 cm³/mol. The highest BCUT2D eigenvalue weighted by atomic mass is 15.3. The number of rotatable bonds is 7. The summed E-state index contributed by atoms with van der Waals surface area (Å²) < 4.78 is 1.93. The molecule has 0 radical (unpaired) electrons. The molecule has 1 N–H and O–H groups in total. The Hall–Kier alpha value is -1.68. The minimum absolute atomic E-state index is 0.0837. The van der Waals surface area contributed by atoms with E-state index in [0.717, 1.165) is 31.8 Å². The van der Waals surface area contributed by atoms with Gasteiger partial charge in [-0.3, -0.25) is 0 Å². The number of nitrogens with zero attached hydrogens (tertiary/aromatic N) is 3. The van der Waals surface area contributed by atoms with Crippen molar-refractivity contribution in [1.82, 2.24) is 20.1 Å². The van der Waals surface area contributed by atoms with Crippen molar-refractivity contribution in [3.63, 3.8) is 0 Å². The fraction of sp³-hybridized carbons (Fsp3) is 0.500. The molecule has 0 atom stereocenters. The van der Waals surface area contributed by atoms with Crippen molar-refractivity contribution in [2.24, 2.45) is 0 Å². The molecule has 20 heavy (non-hydrogen) atoms. The van der Waals surface area contributed by atoms with Gasteiger partial charge in [-0.2, -0.15) is 5.10 Å². The van der Waals surface area contributed by atoms with E-state index in [9.17, 15) is 0 Å². The molecule has 0 aliphatic rings. The van der Waals surface area contributed by atoms with Crippen LogP contribution in [0, 0.1) is 0 Å². The third-order valence-electron chi connectivity index (χ3n) is 3.60. The van der Waals surface area contributed by atoms with Crippen molar-refractivity contribution >= 4 is 0 Å². The smallest absolute Gasteiger partial charge is 0.140 e. The van der Waals surface area contributed by atoms with Gasteiger partial charge in [0.05, 0.1) is 6.54 Å². The van der Waals surface area contributed by atoms with Crippen LogP contribution < -0.4 is 5.32 Å². The highest BCUT2D eigenvalue weighted by Crippen LogP contribution is 2.14. The molecular weight excluding hydrogens is 248 g/mol. The average molecular weight is 272 g/mol. The van der Waals surface area contributed by atoms with E-state index in [1.807, 2.05) is 4.68 Å². The lowest BCUT2D eigenvalue weighted by Crippen LogP contribution is -2.39. The number of hydrogen-bond donors (Lipinski definition) is 1. The van der Waals surface area contributed by atoms with Gasteiger partial charge in [-0.05, 0) is 39.2 Å². The first-order chi connectivity index (χ1) is 9.61. The van der Waals surface area contributed by atoms with E-state index in [1.165, 1.54) is 5.56 Å². The van der Waals surface area contributed by atoms with Crippen LogP contribution in [0.5, 0.6) is 0 Å². The van der Waals surface area contributed by atoms with Gasteiger partial charge in [0.2, 0.25) is 0 Å². The fourth-order valence-electron chi connectivity index (χ4n) is 2.20. The Labute approximate surface area is 121 Å². The third kappa shape index (κ3) is 4.17. The summed E-state index contributed by atoms with van der Waals surface area (Å²) in [6.45, 7) is 8.18. The molecule has 0 aliphatic carbocycles. The minimum Gasteiger partial charge on any atom is -0.305 e. The summed E-state index contributed by atoms with van der Waals surface area (Å²) in [6, 6.07) is 10.6. The maximum atomic E-state index is 4.30. The Morgan fingerprint density at radius 3 is 2.65 bits per heavy atom. The Morgan fingerprint density at radius 1 is 1.20 bits per heavy atom. The summed E-state index contributed by atoms with van der Waals surface area (Å²) in [5.41, 5.74) is 1.47. The van der Waals surface area contributed by atoms with Crippen LogP contribution in [0.2, 0.25) is 0 Å². The fourth-order valence-corrected chi connectivity index (χ4v) is 2.20. The first-order valence-corrected chi connectivity index (χ1v) is 7.26. The van der Waals surface area contributed by atoms with Crippen LogP contribution in [0.3, 0.4) is 0 Å². The highest BCUT2D eigenvalue weighted by Gasteiger charge is 2.17. The first-order valence-electron chi connectivity index (χ1n) is 7.26. The van der Waals surface area contributed by atoms with E-state index < -0.39 is 0 Å². The summed E-state index contributed by atoms with van der Waals surface area (Å²) in [4.78, 5) is 4.30. The molecule has 0 spiro atoms. The monoisotopic (exact) mass is 272 g/mol. The molecule has 1 heterocycles. The predicted octanol–water partition coefficient (Wildman–Crippen LogP) is 2.80. The van der Waals surface area contributed by atoms with Crippen LogP contribution in [0.4, 0.5) is 0 Å². The van der Waals surface area contributed by atoms with Crippen molar-refractivity contribution in [1.29, 1.82) is 0 Å². The Bertz CT molecular complexity index is 516. The van der Waals surface area contributed by atoms with E-state index in [2.05, 4.69) is 66.5 Å². The van der Waals surface area contributed by atoms with Gasteiger partial charge in [-0.1, -0.05) is 30.3 Å². The third-order valence-corrected chi connectivity index (χ3v) is 3.60. The molecule has 2 aromatic rings. The molecule has 2 rings (SSSR count). The zero-order valence-electron chi connectivity index (χ0n) is 12.6. The molecule has 4 heteroatoms. The van der Waals surface area contributed by atoms with E-state index in [0.29, 0.717) is 0 Å². The van der Waals surface area contributed by atoms with E-state index in [4.69, 9.17) is 0 Å². The summed E-state index contributed by atoms with van der Waals surface area (Å²) in [6.07, 6.45) is 3.80. The summed E-state index contributed by atoms with van der Waals surface area (Å²) in [5, 5.41) is 7.78. The molecule has 4 nitrogen and oxygen atoms in total. The van der Waals surface area contributed by atoms with Crippen molar-refractivity contribution in [2.45, 2.75) is 52.2 Å². The normalized spacial score (nSPS) is 11.8. The second kappa shape index (κ2) is 6.66. The molecule has 0 saturated heterocycles. The van der Waals surface area contributed by atoms with E-state index in [1.54, 1.807) is 6.33 Å². The SMILES string of the molecule is CCn1ncnc1CNC(C)(C)CCc1ccccc1. The summed E-state index contributed by atoms with van der Waals surface area (Å²) >= 11 is 0.